The van der Waals surface area contributed by atoms with Crippen molar-refractivity contribution in [1.82, 2.24) is 24.8 Å². The van der Waals surface area contributed by atoms with Crippen LogP contribution in [0.2, 0.25) is 0 Å². The van der Waals surface area contributed by atoms with E-state index >= 15 is 0 Å². The van der Waals surface area contributed by atoms with E-state index in [1.165, 1.54) is 17.7 Å². The molecule has 0 unspecified atom stereocenters. The Balaban J connectivity index is 1.44. The molecule has 3 aromatic rings. The average molecular weight is 430 g/mol. The molecule has 3 heterocycles. The van der Waals surface area contributed by atoms with Gasteiger partial charge in [0.2, 0.25) is 0 Å². The Kier molecular flexibility index (Phi) is 4.84. The van der Waals surface area contributed by atoms with Gasteiger partial charge in [0.15, 0.2) is 5.82 Å². The SMILES string of the molecule is Cc1[nH]c(-c2cc(-c3ccc4c(c3)CN([C@@H](C)C3CC3)C4=O)ccn2)nc1C(=O)N(C)C. The Labute approximate surface area is 187 Å². The first-order chi connectivity index (χ1) is 15.3. The van der Waals surface area contributed by atoms with Crippen LogP contribution in [0.4, 0.5) is 0 Å². The molecule has 1 aliphatic heterocycles. The fourth-order valence-corrected chi connectivity index (χ4v) is 4.43. The number of aromatic nitrogens is 3. The first-order valence-corrected chi connectivity index (χ1v) is 11.0. The highest BCUT2D eigenvalue weighted by molar-refractivity contribution is 5.99. The Morgan fingerprint density at radius 2 is 1.94 bits per heavy atom. The molecule has 2 aliphatic rings. The van der Waals surface area contributed by atoms with Crippen LogP contribution < -0.4 is 0 Å². The van der Waals surface area contributed by atoms with Crippen LogP contribution in [0.1, 0.15) is 51.9 Å². The van der Waals surface area contributed by atoms with Gasteiger partial charge in [0.25, 0.3) is 11.8 Å². The number of aromatic amines is 1. The summed E-state index contributed by atoms with van der Waals surface area (Å²) in [7, 11) is 3.42. The minimum Gasteiger partial charge on any atom is -0.343 e. The second kappa shape index (κ2) is 7.58. The number of benzene rings is 1. The molecule has 5 rings (SSSR count). The van der Waals surface area contributed by atoms with Crippen molar-refractivity contribution in [3.63, 3.8) is 0 Å². The maximum absolute atomic E-state index is 12.9. The number of carbonyl (C=O) groups is 2. The van der Waals surface area contributed by atoms with Crippen LogP contribution in [0, 0.1) is 12.8 Å². The predicted molar refractivity (Wildman–Crippen MR) is 122 cm³/mol. The highest BCUT2D eigenvalue weighted by Crippen LogP contribution is 2.39. The van der Waals surface area contributed by atoms with E-state index in [-0.39, 0.29) is 11.8 Å². The van der Waals surface area contributed by atoms with E-state index < -0.39 is 0 Å². The minimum absolute atomic E-state index is 0.144. The summed E-state index contributed by atoms with van der Waals surface area (Å²) in [6.07, 6.45) is 4.19. The van der Waals surface area contributed by atoms with E-state index in [0.29, 0.717) is 41.4 Å². The number of nitrogens with zero attached hydrogens (tertiary/aromatic N) is 4. The van der Waals surface area contributed by atoms with Crippen LogP contribution in [0.25, 0.3) is 22.6 Å². The van der Waals surface area contributed by atoms with Gasteiger partial charge in [-0.05, 0) is 73.6 Å². The quantitative estimate of drug-likeness (QED) is 0.667. The highest BCUT2D eigenvalue weighted by atomic mass is 16.2. The van der Waals surface area contributed by atoms with Gasteiger partial charge in [-0.1, -0.05) is 6.07 Å². The summed E-state index contributed by atoms with van der Waals surface area (Å²) >= 11 is 0. The molecule has 1 N–H and O–H groups in total. The van der Waals surface area contributed by atoms with Crippen LogP contribution in [0.15, 0.2) is 36.5 Å². The number of imidazole rings is 1. The number of fused-ring (bicyclic) bond motifs is 1. The molecule has 1 fully saturated rings. The summed E-state index contributed by atoms with van der Waals surface area (Å²) < 4.78 is 0. The molecule has 7 nitrogen and oxygen atoms in total. The second-order valence-corrected chi connectivity index (χ2v) is 9.07. The molecular weight excluding hydrogens is 402 g/mol. The summed E-state index contributed by atoms with van der Waals surface area (Å²) in [5.41, 5.74) is 5.70. The van der Waals surface area contributed by atoms with E-state index in [9.17, 15) is 9.59 Å². The number of hydrogen-bond acceptors (Lipinski definition) is 4. The molecule has 0 radical (unpaired) electrons. The van der Waals surface area contributed by atoms with Gasteiger partial charge in [0, 0.05) is 44.1 Å². The fraction of sp³-hybridized carbons (Fsp3) is 0.360. The lowest BCUT2D eigenvalue weighted by atomic mass is 10.0. The van der Waals surface area contributed by atoms with Gasteiger partial charge in [-0.3, -0.25) is 14.6 Å². The Morgan fingerprint density at radius 1 is 1.19 bits per heavy atom. The lowest BCUT2D eigenvalue weighted by molar-refractivity contribution is 0.0697. The standard InChI is InChI=1S/C25H27N5O2/c1-14-22(25(32)29(3)4)28-23(27-14)21-12-18(9-10-26-21)17-7-8-20-19(11-17)13-30(24(20)31)15(2)16-5-6-16/h7-12,15-16H,5-6,13H2,1-4H3,(H,27,28)/t15-/m0/s1. The number of hydrogen-bond donors (Lipinski definition) is 1. The van der Waals surface area contributed by atoms with Crippen molar-refractivity contribution >= 4 is 11.8 Å². The van der Waals surface area contributed by atoms with E-state index in [2.05, 4.69) is 27.9 Å². The maximum Gasteiger partial charge on any atom is 0.273 e. The number of rotatable bonds is 5. The Morgan fingerprint density at radius 3 is 2.66 bits per heavy atom. The van der Waals surface area contributed by atoms with Crippen LogP contribution in [-0.2, 0) is 6.54 Å². The molecule has 1 aromatic carbocycles. The third kappa shape index (κ3) is 3.47. The van der Waals surface area contributed by atoms with Crippen molar-refractivity contribution in [1.29, 1.82) is 0 Å². The van der Waals surface area contributed by atoms with Crippen LogP contribution in [0.3, 0.4) is 0 Å². The summed E-state index contributed by atoms with van der Waals surface area (Å²) in [6.45, 7) is 4.67. The summed E-state index contributed by atoms with van der Waals surface area (Å²) in [5, 5.41) is 0. The minimum atomic E-state index is -0.144. The number of nitrogens with one attached hydrogen (secondary N) is 1. The molecule has 164 valence electrons. The second-order valence-electron chi connectivity index (χ2n) is 9.07. The van der Waals surface area contributed by atoms with Gasteiger partial charge in [-0.15, -0.1) is 0 Å². The molecule has 0 saturated heterocycles. The third-order valence-corrected chi connectivity index (χ3v) is 6.56. The van der Waals surface area contributed by atoms with Crippen molar-refractivity contribution in [2.45, 2.75) is 39.3 Å². The molecule has 7 heteroatoms. The highest BCUT2D eigenvalue weighted by Gasteiger charge is 2.38. The molecule has 2 amide bonds. The van der Waals surface area contributed by atoms with Crippen LogP contribution in [-0.4, -0.2) is 56.7 Å². The smallest absolute Gasteiger partial charge is 0.273 e. The largest absolute Gasteiger partial charge is 0.343 e. The van der Waals surface area contributed by atoms with Crippen molar-refractivity contribution in [2.24, 2.45) is 5.92 Å². The number of aryl methyl sites for hydroxylation is 1. The molecule has 32 heavy (non-hydrogen) atoms. The van der Waals surface area contributed by atoms with E-state index in [1.807, 2.05) is 36.1 Å². The molecule has 0 spiro atoms. The average Bonchev–Trinajstić information content (AvgIpc) is 3.50. The fourth-order valence-electron chi connectivity index (χ4n) is 4.43. The first kappa shape index (κ1) is 20.4. The van der Waals surface area contributed by atoms with Crippen LogP contribution >= 0.6 is 0 Å². The monoisotopic (exact) mass is 429 g/mol. The lowest BCUT2D eigenvalue weighted by Crippen LogP contribution is -2.34. The predicted octanol–water partition coefficient (Wildman–Crippen LogP) is 3.90. The van der Waals surface area contributed by atoms with Gasteiger partial charge in [0.1, 0.15) is 11.4 Å². The van der Waals surface area contributed by atoms with E-state index in [4.69, 9.17) is 0 Å². The van der Waals surface area contributed by atoms with Gasteiger partial charge in [-0.2, -0.15) is 0 Å². The van der Waals surface area contributed by atoms with Crippen LogP contribution in [0.5, 0.6) is 0 Å². The summed E-state index contributed by atoms with van der Waals surface area (Å²) in [5.74, 6) is 1.21. The molecule has 1 saturated carbocycles. The number of amides is 2. The van der Waals surface area contributed by atoms with Crippen molar-refractivity contribution in [3.05, 3.63) is 59.0 Å². The molecule has 1 aliphatic carbocycles. The number of pyridine rings is 1. The maximum atomic E-state index is 12.9. The van der Waals surface area contributed by atoms with Gasteiger partial charge in [-0.25, -0.2) is 4.98 Å². The third-order valence-electron chi connectivity index (χ3n) is 6.56. The molecule has 1 atom stereocenters. The Hall–Kier alpha value is -3.48. The number of carbonyl (C=O) groups excluding carboxylic acids is 2. The molecule has 0 bridgehead atoms. The van der Waals surface area contributed by atoms with Gasteiger partial charge < -0.3 is 14.8 Å². The zero-order valence-corrected chi connectivity index (χ0v) is 18.8. The summed E-state index contributed by atoms with van der Waals surface area (Å²) in [6, 6.07) is 10.3. The lowest BCUT2D eigenvalue weighted by Gasteiger charge is -2.23. The van der Waals surface area contributed by atoms with E-state index in [0.717, 1.165) is 22.3 Å². The molecule has 2 aromatic heterocycles. The zero-order valence-electron chi connectivity index (χ0n) is 18.8. The summed E-state index contributed by atoms with van der Waals surface area (Å²) in [4.78, 5) is 40.9. The van der Waals surface area contributed by atoms with Crippen molar-refractivity contribution < 1.29 is 9.59 Å². The first-order valence-electron chi connectivity index (χ1n) is 11.0. The molecular formula is C25H27N5O2. The van der Waals surface area contributed by atoms with Crippen molar-refractivity contribution in [2.75, 3.05) is 14.1 Å². The van der Waals surface area contributed by atoms with Gasteiger partial charge >= 0.3 is 0 Å². The normalized spacial score (nSPS) is 16.2. The van der Waals surface area contributed by atoms with Gasteiger partial charge in [0.05, 0.1) is 0 Å². The number of H-pyrrole nitrogens is 1. The zero-order chi connectivity index (χ0) is 22.6. The van der Waals surface area contributed by atoms with Crippen molar-refractivity contribution in [3.8, 4) is 22.6 Å². The van der Waals surface area contributed by atoms with E-state index in [1.54, 1.807) is 20.3 Å². The Bertz CT molecular complexity index is 1220. The topological polar surface area (TPSA) is 82.2 Å².